The molecule has 6 heteroatoms. The summed E-state index contributed by atoms with van der Waals surface area (Å²) in [5, 5.41) is 13.5. The van der Waals surface area contributed by atoms with E-state index in [0.717, 1.165) is 0 Å². The molecular formula is C15H20LiNO4. The maximum atomic E-state index is 12.0. The normalized spacial score (nSPS) is 11.4. The van der Waals surface area contributed by atoms with E-state index in [9.17, 15) is 14.7 Å². The van der Waals surface area contributed by atoms with E-state index in [-0.39, 0.29) is 24.8 Å². The van der Waals surface area contributed by atoms with Crippen molar-refractivity contribution in [2.24, 2.45) is 5.92 Å². The number of carboxylic acid groups (broad SMARTS) is 1. The smallest absolute Gasteiger partial charge is 0.548 e. The number of ether oxygens (including phenoxy) is 1. The second-order valence-electron chi connectivity index (χ2n) is 4.93. The molecule has 0 radical (unpaired) electrons. The van der Waals surface area contributed by atoms with Gasteiger partial charge in [-0.1, -0.05) is 13.8 Å². The van der Waals surface area contributed by atoms with Gasteiger partial charge in [-0.15, -0.1) is 0 Å². The molecule has 0 bridgehead atoms. The largest absolute Gasteiger partial charge is 1.00 e. The molecule has 0 fully saturated rings. The number of amides is 1. The molecule has 0 aliphatic heterocycles. The van der Waals surface area contributed by atoms with E-state index in [4.69, 9.17) is 4.74 Å². The van der Waals surface area contributed by atoms with E-state index in [0.29, 0.717) is 24.3 Å². The standard InChI is InChI=1S/C15H21NO4.Li/c1-4-20-12-7-5-11(6-8-12)14(17)16-13(15(18)19)9-10(2)3;/h5-8,10,13H,4,9H2,1-3H3,(H,16,17)(H,18,19);/q;+1/p-1. The van der Waals surface area contributed by atoms with E-state index in [2.05, 4.69) is 5.32 Å². The van der Waals surface area contributed by atoms with Crippen LogP contribution in [-0.4, -0.2) is 24.5 Å². The minimum Gasteiger partial charge on any atom is -0.548 e. The zero-order chi connectivity index (χ0) is 15.1. The van der Waals surface area contributed by atoms with Crippen LogP contribution in [0.5, 0.6) is 5.75 Å². The van der Waals surface area contributed by atoms with Crippen molar-refractivity contribution in [3.8, 4) is 5.75 Å². The average Bonchev–Trinajstić information content (AvgIpc) is 2.38. The third-order valence-electron chi connectivity index (χ3n) is 2.72. The van der Waals surface area contributed by atoms with Gasteiger partial charge in [-0.3, -0.25) is 4.79 Å². The van der Waals surface area contributed by atoms with Crippen molar-refractivity contribution in [2.45, 2.75) is 33.2 Å². The van der Waals surface area contributed by atoms with E-state index in [1.165, 1.54) is 0 Å². The number of benzene rings is 1. The van der Waals surface area contributed by atoms with Crippen LogP contribution < -0.4 is 34.0 Å². The van der Waals surface area contributed by atoms with E-state index in [1.54, 1.807) is 24.3 Å². The Kier molecular flexibility index (Phi) is 8.83. The van der Waals surface area contributed by atoms with Crippen LogP contribution in [0.3, 0.4) is 0 Å². The Labute approximate surface area is 137 Å². The van der Waals surface area contributed by atoms with Crippen LogP contribution in [0.25, 0.3) is 0 Å². The predicted octanol–water partition coefficient (Wildman–Crippen LogP) is -2.02. The maximum absolute atomic E-state index is 12.0. The van der Waals surface area contributed by atoms with Gasteiger partial charge in [-0.25, -0.2) is 0 Å². The van der Waals surface area contributed by atoms with Gasteiger partial charge in [-0.2, -0.15) is 0 Å². The molecule has 0 aromatic heterocycles. The fourth-order valence-corrected chi connectivity index (χ4v) is 1.80. The molecule has 0 aliphatic carbocycles. The molecule has 1 unspecified atom stereocenters. The van der Waals surface area contributed by atoms with Crippen molar-refractivity contribution in [3.05, 3.63) is 29.8 Å². The van der Waals surface area contributed by atoms with Gasteiger partial charge >= 0.3 is 18.9 Å². The molecule has 110 valence electrons. The minimum atomic E-state index is -1.27. The van der Waals surface area contributed by atoms with Gasteiger partial charge in [0.25, 0.3) is 5.91 Å². The Morgan fingerprint density at radius 1 is 1.24 bits per heavy atom. The third kappa shape index (κ3) is 6.70. The van der Waals surface area contributed by atoms with Crippen LogP contribution in [-0.2, 0) is 4.79 Å². The number of rotatable bonds is 7. The first kappa shape index (κ1) is 19.6. The Balaban J connectivity index is 0.00000400. The number of hydrogen-bond donors (Lipinski definition) is 1. The van der Waals surface area contributed by atoms with Crippen molar-refractivity contribution < 1.29 is 38.3 Å². The van der Waals surface area contributed by atoms with Crippen molar-refractivity contribution in [1.29, 1.82) is 0 Å². The third-order valence-corrected chi connectivity index (χ3v) is 2.72. The second kappa shape index (κ2) is 9.49. The summed E-state index contributed by atoms with van der Waals surface area (Å²) >= 11 is 0. The summed E-state index contributed by atoms with van der Waals surface area (Å²) in [6, 6.07) is 5.57. The van der Waals surface area contributed by atoms with Crippen molar-refractivity contribution >= 4 is 11.9 Å². The van der Waals surface area contributed by atoms with Crippen LogP contribution in [0.1, 0.15) is 37.6 Å². The molecule has 0 saturated heterocycles. The van der Waals surface area contributed by atoms with Gasteiger partial charge in [0.15, 0.2) is 0 Å². The van der Waals surface area contributed by atoms with Crippen LogP contribution in [0, 0.1) is 5.92 Å². The number of nitrogens with one attached hydrogen (secondary N) is 1. The number of carbonyl (C=O) groups excluding carboxylic acids is 2. The summed E-state index contributed by atoms with van der Waals surface area (Å²) in [6.07, 6.45) is 0.338. The van der Waals surface area contributed by atoms with Crippen molar-refractivity contribution in [2.75, 3.05) is 6.61 Å². The molecule has 0 saturated carbocycles. The Bertz CT molecular complexity index is 459. The van der Waals surface area contributed by atoms with Crippen LogP contribution >= 0.6 is 0 Å². The molecule has 1 aromatic carbocycles. The summed E-state index contributed by atoms with van der Waals surface area (Å²) in [5.74, 6) is -0.873. The zero-order valence-corrected chi connectivity index (χ0v) is 13.0. The Hall–Kier alpha value is -1.44. The first-order valence-electron chi connectivity index (χ1n) is 6.68. The molecule has 1 N–H and O–H groups in total. The maximum Gasteiger partial charge on any atom is 1.00 e. The summed E-state index contributed by atoms with van der Waals surface area (Å²) in [5.41, 5.74) is 0.392. The van der Waals surface area contributed by atoms with Gasteiger partial charge < -0.3 is 20.0 Å². The average molecular weight is 285 g/mol. The summed E-state index contributed by atoms with van der Waals surface area (Å²) < 4.78 is 5.28. The second-order valence-corrected chi connectivity index (χ2v) is 4.93. The summed E-state index contributed by atoms with van der Waals surface area (Å²) in [6.45, 7) is 6.20. The summed E-state index contributed by atoms with van der Waals surface area (Å²) in [7, 11) is 0. The zero-order valence-electron chi connectivity index (χ0n) is 13.0. The number of carbonyl (C=O) groups is 2. The van der Waals surface area contributed by atoms with Crippen LogP contribution in [0.4, 0.5) is 0 Å². The number of aliphatic carboxylic acids is 1. The Morgan fingerprint density at radius 3 is 2.24 bits per heavy atom. The monoisotopic (exact) mass is 285 g/mol. The molecular weight excluding hydrogens is 265 g/mol. The first-order chi connectivity index (χ1) is 9.43. The first-order valence-corrected chi connectivity index (χ1v) is 6.68. The molecule has 21 heavy (non-hydrogen) atoms. The fourth-order valence-electron chi connectivity index (χ4n) is 1.80. The fraction of sp³-hybridized carbons (Fsp3) is 0.467. The van der Waals surface area contributed by atoms with Crippen molar-refractivity contribution in [3.63, 3.8) is 0 Å². The minimum absolute atomic E-state index is 0. The predicted molar refractivity (Wildman–Crippen MR) is 73.3 cm³/mol. The van der Waals surface area contributed by atoms with Gasteiger partial charge in [-0.05, 0) is 43.5 Å². The molecule has 5 nitrogen and oxygen atoms in total. The Morgan fingerprint density at radius 2 is 1.81 bits per heavy atom. The van der Waals surface area contributed by atoms with Gasteiger partial charge in [0.1, 0.15) is 5.75 Å². The van der Waals surface area contributed by atoms with E-state index in [1.807, 2.05) is 20.8 Å². The van der Waals surface area contributed by atoms with Gasteiger partial charge in [0.05, 0.1) is 18.6 Å². The van der Waals surface area contributed by atoms with Crippen LogP contribution in [0.15, 0.2) is 24.3 Å². The number of hydrogen-bond acceptors (Lipinski definition) is 4. The summed E-state index contributed by atoms with van der Waals surface area (Å²) in [4.78, 5) is 23.0. The molecule has 0 aliphatic rings. The topological polar surface area (TPSA) is 78.5 Å². The van der Waals surface area contributed by atoms with E-state index >= 15 is 0 Å². The van der Waals surface area contributed by atoms with Crippen LogP contribution in [0.2, 0.25) is 0 Å². The molecule has 0 heterocycles. The molecule has 1 amide bonds. The SMILES string of the molecule is CCOc1ccc(C(=O)NC(CC(C)C)C(=O)[O-])cc1.[Li+]. The van der Waals surface area contributed by atoms with Gasteiger partial charge in [0, 0.05) is 5.56 Å². The van der Waals surface area contributed by atoms with Crippen molar-refractivity contribution in [1.82, 2.24) is 5.32 Å². The van der Waals surface area contributed by atoms with E-state index < -0.39 is 17.9 Å². The molecule has 1 aromatic rings. The molecule has 1 atom stereocenters. The molecule has 1 rings (SSSR count). The van der Waals surface area contributed by atoms with Gasteiger partial charge in [0.2, 0.25) is 0 Å². The number of carboxylic acids is 1. The molecule has 0 spiro atoms. The quantitative estimate of drug-likeness (QED) is 0.587.